The van der Waals surface area contributed by atoms with E-state index in [0.29, 0.717) is 17.2 Å². The third kappa shape index (κ3) is 2.66. The SMILES string of the molecule is CCC1CCN(c2ccc(/C(N)=N/O)cc2[N+](=O)[O-])C1. The van der Waals surface area contributed by atoms with Crippen LogP contribution in [-0.2, 0) is 0 Å². The van der Waals surface area contributed by atoms with E-state index in [-0.39, 0.29) is 11.5 Å². The second kappa shape index (κ2) is 5.77. The van der Waals surface area contributed by atoms with E-state index < -0.39 is 4.92 Å². The summed E-state index contributed by atoms with van der Waals surface area (Å²) >= 11 is 0. The lowest BCUT2D eigenvalue weighted by atomic mass is 10.1. The molecule has 0 aromatic heterocycles. The van der Waals surface area contributed by atoms with Crippen LogP contribution < -0.4 is 10.6 Å². The van der Waals surface area contributed by atoms with Gasteiger partial charge < -0.3 is 15.8 Å². The lowest BCUT2D eigenvalue weighted by molar-refractivity contribution is -0.384. The fourth-order valence-corrected chi connectivity index (χ4v) is 2.54. The summed E-state index contributed by atoms with van der Waals surface area (Å²) in [5, 5.41) is 22.7. The largest absolute Gasteiger partial charge is 0.409 e. The first kappa shape index (κ1) is 14.1. The molecule has 1 aromatic rings. The fraction of sp³-hybridized carbons (Fsp3) is 0.462. The number of anilines is 1. The summed E-state index contributed by atoms with van der Waals surface area (Å²) in [5.41, 5.74) is 6.41. The third-order valence-corrected chi connectivity index (χ3v) is 3.78. The number of rotatable bonds is 4. The average Bonchev–Trinajstić information content (AvgIpc) is 2.94. The van der Waals surface area contributed by atoms with E-state index in [2.05, 4.69) is 12.1 Å². The van der Waals surface area contributed by atoms with E-state index >= 15 is 0 Å². The highest BCUT2D eigenvalue weighted by Crippen LogP contribution is 2.33. The Balaban J connectivity index is 2.36. The van der Waals surface area contributed by atoms with Crippen molar-refractivity contribution in [1.29, 1.82) is 0 Å². The maximum atomic E-state index is 11.2. The number of oxime groups is 1. The summed E-state index contributed by atoms with van der Waals surface area (Å²) in [6.07, 6.45) is 2.13. The zero-order valence-electron chi connectivity index (χ0n) is 11.3. The maximum absolute atomic E-state index is 11.2. The molecule has 0 bridgehead atoms. The van der Waals surface area contributed by atoms with Crippen molar-refractivity contribution in [1.82, 2.24) is 0 Å². The molecule has 1 unspecified atom stereocenters. The van der Waals surface area contributed by atoms with Crippen molar-refractivity contribution in [2.75, 3.05) is 18.0 Å². The molecular weight excluding hydrogens is 260 g/mol. The molecule has 0 amide bonds. The Hall–Kier alpha value is -2.31. The predicted molar refractivity (Wildman–Crippen MR) is 76.2 cm³/mol. The number of nitrogens with two attached hydrogens (primary N) is 1. The van der Waals surface area contributed by atoms with Crippen LogP contribution >= 0.6 is 0 Å². The Kier molecular flexibility index (Phi) is 4.07. The lowest BCUT2D eigenvalue weighted by Gasteiger charge is -2.18. The van der Waals surface area contributed by atoms with Crippen molar-refractivity contribution in [3.8, 4) is 0 Å². The van der Waals surface area contributed by atoms with Gasteiger partial charge in [-0.25, -0.2) is 0 Å². The Labute approximate surface area is 116 Å². The molecule has 1 aromatic carbocycles. The third-order valence-electron chi connectivity index (χ3n) is 3.78. The van der Waals surface area contributed by atoms with Gasteiger partial charge in [-0.3, -0.25) is 10.1 Å². The van der Waals surface area contributed by atoms with E-state index in [9.17, 15) is 10.1 Å². The number of nitro groups is 1. The van der Waals surface area contributed by atoms with Gasteiger partial charge in [0, 0.05) is 24.7 Å². The van der Waals surface area contributed by atoms with Crippen LogP contribution in [0.3, 0.4) is 0 Å². The van der Waals surface area contributed by atoms with Gasteiger partial charge in [0.25, 0.3) is 5.69 Å². The minimum absolute atomic E-state index is 0.00847. The molecule has 0 spiro atoms. The van der Waals surface area contributed by atoms with Gasteiger partial charge in [0.05, 0.1) is 4.92 Å². The van der Waals surface area contributed by atoms with Crippen molar-refractivity contribution < 1.29 is 10.1 Å². The predicted octanol–water partition coefficient (Wildman–Crippen LogP) is 1.93. The highest BCUT2D eigenvalue weighted by molar-refractivity contribution is 5.98. The molecule has 20 heavy (non-hydrogen) atoms. The summed E-state index contributed by atoms with van der Waals surface area (Å²) in [6, 6.07) is 4.66. The topological polar surface area (TPSA) is 105 Å². The van der Waals surface area contributed by atoms with E-state index in [0.717, 1.165) is 25.9 Å². The average molecular weight is 278 g/mol. The van der Waals surface area contributed by atoms with Crippen molar-refractivity contribution in [3.05, 3.63) is 33.9 Å². The smallest absolute Gasteiger partial charge is 0.293 e. The summed E-state index contributed by atoms with van der Waals surface area (Å²) in [7, 11) is 0. The van der Waals surface area contributed by atoms with Crippen LogP contribution in [0.25, 0.3) is 0 Å². The van der Waals surface area contributed by atoms with Crippen LogP contribution in [0.1, 0.15) is 25.3 Å². The molecule has 0 saturated carbocycles. The summed E-state index contributed by atoms with van der Waals surface area (Å²) < 4.78 is 0. The second-order valence-corrected chi connectivity index (χ2v) is 4.95. The molecule has 0 radical (unpaired) electrons. The molecule has 1 fully saturated rings. The Morgan fingerprint density at radius 1 is 1.65 bits per heavy atom. The fourth-order valence-electron chi connectivity index (χ4n) is 2.54. The van der Waals surface area contributed by atoms with Crippen LogP contribution in [-0.4, -0.2) is 29.1 Å². The van der Waals surface area contributed by atoms with Crippen molar-refractivity contribution in [2.24, 2.45) is 16.8 Å². The second-order valence-electron chi connectivity index (χ2n) is 4.95. The molecule has 1 atom stereocenters. The molecule has 1 heterocycles. The first-order valence-corrected chi connectivity index (χ1v) is 6.58. The Bertz CT molecular complexity index is 544. The van der Waals surface area contributed by atoms with Gasteiger partial charge in [0.15, 0.2) is 5.84 Å². The molecule has 108 valence electrons. The van der Waals surface area contributed by atoms with Gasteiger partial charge in [-0.2, -0.15) is 0 Å². The van der Waals surface area contributed by atoms with E-state index in [1.165, 1.54) is 6.07 Å². The first-order chi connectivity index (χ1) is 9.56. The van der Waals surface area contributed by atoms with Crippen LogP contribution in [0, 0.1) is 16.0 Å². The van der Waals surface area contributed by atoms with Gasteiger partial charge in [-0.05, 0) is 24.5 Å². The van der Waals surface area contributed by atoms with Gasteiger partial charge >= 0.3 is 0 Å². The van der Waals surface area contributed by atoms with E-state index in [1.807, 2.05) is 4.90 Å². The standard InChI is InChI=1S/C13H18N4O3/c1-2-9-5-6-16(8-9)11-4-3-10(13(14)15-18)7-12(11)17(19)20/h3-4,7,9,18H,2,5-6,8H2,1H3,(H2,14,15). The molecule has 0 aliphatic carbocycles. The van der Waals surface area contributed by atoms with Crippen LogP contribution in [0.5, 0.6) is 0 Å². The number of amidine groups is 1. The Morgan fingerprint density at radius 2 is 2.40 bits per heavy atom. The van der Waals surface area contributed by atoms with Gasteiger partial charge in [-0.1, -0.05) is 18.5 Å². The molecule has 7 nitrogen and oxygen atoms in total. The zero-order chi connectivity index (χ0) is 14.7. The van der Waals surface area contributed by atoms with Crippen molar-refractivity contribution in [2.45, 2.75) is 19.8 Å². The van der Waals surface area contributed by atoms with Gasteiger partial charge in [0.2, 0.25) is 0 Å². The molecule has 3 N–H and O–H groups in total. The molecule has 1 aliphatic heterocycles. The minimum atomic E-state index is -0.428. The van der Waals surface area contributed by atoms with Crippen LogP contribution in [0.2, 0.25) is 0 Å². The molecule has 1 aliphatic rings. The molecule has 2 rings (SSSR count). The number of hydrogen-bond acceptors (Lipinski definition) is 5. The molecule has 7 heteroatoms. The Morgan fingerprint density at radius 3 is 2.95 bits per heavy atom. The normalized spacial score (nSPS) is 19.4. The highest BCUT2D eigenvalue weighted by atomic mass is 16.6. The molecule has 1 saturated heterocycles. The van der Waals surface area contributed by atoms with Crippen molar-refractivity contribution >= 4 is 17.2 Å². The number of benzene rings is 1. The minimum Gasteiger partial charge on any atom is -0.409 e. The quantitative estimate of drug-likeness (QED) is 0.288. The number of nitrogens with zero attached hydrogens (tertiary/aromatic N) is 3. The summed E-state index contributed by atoms with van der Waals surface area (Å²) in [6.45, 7) is 3.78. The highest BCUT2D eigenvalue weighted by Gasteiger charge is 2.27. The van der Waals surface area contributed by atoms with Crippen LogP contribution in [0.4, 0.5) is 11.4 Å². The first-order valence-electron chi connectivity index (χ1n) is 6.58. The number of nitro benzene ring substituents is 1. The maximum Gasteiger partial charge on any atom is 0.293 e. The van der Waals surface area contributed by atoms with Gasteiger partial charge in [0.1, 0.15) is 5.69 Å². The van der Waals surface area contributed by atoms with E-state index in [1.54, 1.807) is 12.1 Å². The summed E-state index contributed by atoms with van der Waals surface area (Å²) in [5.74, 6) is 0.450. The molecular formula is C13H18N4O3. The monoisotopic (exact) mass is 278 g/mol. The summed E-state index contributed by atoms with van der Waals surface area (Å²) in [4.78, 5) is 12.8. The number of hydrogen-bond donors (Lipinski definition) is 2. The van der Waals surface area contributed by atoms with E-state index in [4.69, 9.17) is 10.9 Å². The van der Waals surface area contributed by atoms with Crippen molar-refractivity contribution in [3.63, 3.8) is 0 Å². The zero-order valence-corrected chi connectivity index (χ0v) is 11.3. The van der Waals surface area contributed by atoms with Gasteiger partial charge in [-0.15, -0.1) is 0 Å². The van der Waals surface area contributed by atoms with Crippen LogP contribution in [0.15, 0.2) is 23.4 Å². The lowest BCUT2D eigenvalue weighted by Crippen LogP contribution is -2.21.